The van der Waals surface area contributed by atoms with Gasteiger partial charge in [-0.05, 0) is 24.3 Å². The van der Waals surface area contributed by atoms with E-state index in [-0.39, 0.29) is 17.3 Å². The fraction of sp³-hybridized carbons (Fsp3) is 0.263. The van der Waals surface area contributed by atoms with Crippen molar-refractivity contribution < 1.29 is 22.8 Å². The van der Waals surface area contributed by atoms with Gasteiger partial charge in [-0.15, -0.1) is 0 Å². The van der Waals surface area contributed by atoms with Gasteiger partial charge in [0.2, 0.25) is 0 Å². The van der Waals surface area contributed by atoms with Gasteiger partial charge >= 0.3 is 6.18 Å². The highest BCUT2D eigenvalue weighted by Crippen LogP contribution is 2.35. The van der Waals surface area contributed by atoms with Crippen LogP contribution >= 0.6 is 0 Å². The zero-order valence-electron chi connectivity index (χ0n) is 16.1. The van der Waals surface area contributed by atoms with Gasteiger partial charge < -0.3 is 26.6 Å². The van der Waals surface area contributed by atoms with Gasteiger partial charge in [0, 0.05) is 37.9 Å². The van der Waals surface area contributed by atoms with Crippen LogP contribution in [0.25, 0.3) is 5.57 Å². The van der Waals surface area contributed by atoms with E-state index in [2.05, 4.69) is 25.9 Å². The first kappa shape index (κ1) is 20.6. The molecule has 0 spiro atoms. The zero-order valence-corrected chi connectivity index (χ0v) is 16.1. The number of hydrogen-bond donors (Lipinski definition) is 4. The number of fused-ring (bicyclic) bond motifs is 1. The Kier molecular flexibility index (Phi) is 5.23. The summed E-state index contributed by atoms with van der Waals surface area (Å²) in [6, 6.07) is 5.57. The molecule has 0 unspecified atom stereocenters. The van der Waals surface area contributed by atoms with Crippen LogP contribution in [-0.4, -0.2) is 52.9 Å². The first-order valence-electron chi connectivity index (χ1n) is 9.37. The quantitative estimate of drug-likeness (QED) is 0.537. The number of primary amides is 1. The molecule has 1 aromatic carbocycles. The Morgan fingerprint density at radius 2 is 1.77 bits per heavy atom. The minimum absolute atomic E-state index is 0.0357. The van der Waals surface area contributed by atoms with Crippen molar-refractivity contribution in [3.63, 3.8) is 0 Å². The summed E-state index contributed by atoms with van der Waals surface area (Å²) in [6.45, 7) is 2.60. The Morgan fingerprint density at radius 3 is 2.45 bits per heavy atom. The van der Waals surface area contributed by atoms with Crippen molar-refractivity contribution in [3.8, 4) is 0 Å². The summed E-state index contributed by atoms with van der Waals surface area (Å²) in [6.07, 6.45) is -3.80. The molecule has 12 heteroatoms. The molecule has 0 radical (unpaired) electrons. The van der Waals surface area contributed by atoms with Crippen LogP contribution in [0.1, 0.15) is 21.9 Å². The van der Waals surface area contributed by atoms with E-state index >= 15 is 0 Å². The van der Waals surface area contributed by atoms with Crippen molar-refractivity contribution in [2.45, 2.75) is 6.18 Å². The Balaban J connectivity index is 1.65. The lowest BCUT2D eigenvalue weighted by Gasteiger charge is -2.27. The lowest BCUT2D eigenvalue weighted by atomic mass is 10.1. The summed E-state index contributed by atoms with van der Waals surface area (Å²) in [5.41, 5.74) is 5.32. The summed E-state index contributed by atoms with van der Waals surface area (Å²) in [7, 11) is 0. The van der Waals surface area contributed by atoms with Crippen molar-refractivity contribution in [1.29, 1.82) is 0 Å². The summed E-state index contributed by atoms with van der Waals surface area (Å²) in [5.74, 6) is -1.59. The van der Waals surface area contributed by atoms with Crippen LogP contribution in [0.15, 0.2) is 36.3 Å². The molecule has 4 rings (SSSR count). The standard InChI is InChI=1S/C19H18F3N7O2/c20-19(21,22)13-3-4-25-16(28-13)14(15(23)30)17-26-11-2-1-10(9-12(11)27-17)18(31)29-7-5-24-6-8-29/h1-4,9,24,26-27H,5-8H2,(H2,23,30)/b17-14-. The second-order valence-electron chi connectivity index (χ2n) is 6.93. The molecule has 1 saturated heterocycles. The predicted molar refractivity (Wildman–Crippen MR) is 106 cm³/mol. The number of nitrogens with one attached hydrogen (secondary N) is 3. The molecule has 162 valence electrons. The molecule has 0 atom stereocenters. The number of alkyl halides is 3. The lowest BCUT2D eigenvalue weighted by Crippen LogP contribution is -2.46. The van der Waals surface area contributed by atoms with Gasteiger partial charge in [0.15, 0.2) is 5.82 Å². The molecule has 2 aliphatic heterocycles. The van der Waals surface area contributed by atoms with E-state index in [1.54, 1.807) is 23.1 Å². The summed E-state index contributed by atoms with van der Waals surface area (Å²) >= 11 is 0. The van der Waals surface area contributed by atoms with E-state index < -0.39 is 23.6 Å². The van der Waals surface area contributed by atoms with E-state index in [9.17, 15) is 22.8 Å². The van der Waals surface area contributed by atoms with Gasteiger partial charge in [0.1, 0.15) is 17.1 Å². The number of amides is 2. The Labute approximate surface area is 174 Å². The number of halogens is 3. The average Bonchev–Trinajstić information content (AvgIpc) is 3.15. The number of anilines is 2. The fourth-order valence-electron chi connectivity index (χ4n) is 3.35. The minimum Gasteiger partial charge on any atom is -0.365 e. The van der Waals surface area contributed by atoms with E-state index in [1.165, 1.54) is 0 Å². The number of carbonyl (C=O) groups excluding carboxylic acids is 2. The number of aromatic nitrogens is 2. The maximum atomic E-state index is 13.0. The van der Waals surface area contributed by atoms with Crippen LogP contribution in [0.5, 0.6) is 0 Å². The van der Waals surface area contributed by atoms with Crippen molar-refractivity contribution in [3.05, 3.63) is 53.4 Å². The molecule has 0 saturated carbocycles. The number of hydrogen-bond acceptors (Lipinski definition) is 7. The molecular formula is C19H18F3N7O2. The number of piperazine rings is 1. The maximum absolute atomic E-state index is 13.0. The second kappa shape index (κ2) is 7.87. The molecule has 31 heavy (non-hydrogen) atoms. The third-order valence-electron chi connectivity index (χ3n) is 4.86. The molecule has 2 aliphatic rings. The van der Waals surface area contributed by atoms with E-state index in [1.807, 2.05) is 0 Å². The highest BCUT2D eigenvalue weighted by atomic mass is 19.4. The maximum Gasteiger partial charge on any atom is 0.433 e. The highest BCUT2D eigenvalue weighted by molar-refractivity contribution is 6.20. The van der Waals surface area contributed by atoms with Crippen LogP contribution < -0.4 is 21.7 Å². The van der Waals surface area contributed by atoms with Gasteiger partial charge in [0.05, 0.1) is 11.4 Å². The number of nitrogens with zero attached hydrogens (tertiary/aromatic N) is 3. The number of rotatable bonds is 3. The Hall–Kier alpha value is -3.67. The molecule has 2 amide bonds. The third-order valence-corrected chi connectivity index (χ3v) is 4.86. The van der Waals surface area contributed by atoms with Crippen molar-refractivity contribution in [2.75, 3.05) is 36.8 Å². The topological polar surface area (TPSA) is 125 Å². The fourth-order valence-corrected chi connectivity index (χ4v) is 3.35. The largest absolute Gasteiger partial charge is 0.433 e. The average molecular weight is 433 g/mol. The number of benzene rings is 1. The molecule has 9 nitrogen and oxygen atoms in total. The van der Waals surface area contributed by atoms with Gasteiger partial charge in [-0.3, -0.25) is 9.59 Å². The summed E-state index contributed by atoms with van der Waals surface area (Å²) < 4.78 is 39.0. The molecule has 0 aliphatic carbocycles. The molecular weight excluding hydrogens is 415 g/mol. The Morgan fingerprint density at radius 1 is 1.06 bits per heavy atom. The van der Waals surface area contributed by atoms with Gasteiger partial charge in [-0.25, -0.2) is 9.97 Å². The second-order valence-corrected chi connectivity index (χ2v) is 6.93. The Bertz CT molecular complexity index is 1080. The molecule has 1 aromatic heterocycles. The summed E-state index contributed by atoms with van der Waals surface area (Å²) in [5, 5.41) is 8.96. The summed E-state index contributed by atoms with van der Waals surface area (Å²) in [4.78, 5) is 33.7. The SMILES string of the molecule is NC(=O)/C(=C1\Nc2ccc(C(=O)N3CCNCC3)cc2N1)c1nccc(C(F)(F)F)n1. The first-order chi connectivity index (χ1) is 14.7. The van der Waals surface area contributed by atoms with Crippen LogP contribution in [0.2, 0.25) is 0 Å². The molecule has 1 fully saturated rings. The van der Waals surface area contributed by atoms with Crippen LogP contribution in [0.4, 0.5) is 24.5 Å². The molecule has 5 N–H and O–H groups in total. The third kappa shape index (κ3) is 4.14. The molecule has 2 aromatic rings. The van der Waals surface area contributed by atoms with Crippen molar-refractivity contribution in [1.82, 2.24) is 20.2 Å². The smallest absolute Gasteiger partial charge is 0.365 e. The van der Waals surface area contributed by atoms with Crippen molar-refractivity contribution in [2.24, 2.45) is 5.73 Å². The van der Waals surface area contributed by atoms with Gasteiger partial charge in [-0.2, -0.15) is 13.2 Å². The molecule has 0 bridgehead atoms. The molecule has 3 heterocycles. The number of carbonyl (C=O) groups is 2. The predicted octanol–water partition coefficient (Wildman–Crippen LogP) is 1.23. The lowest BCUT2D eigenvalue weighted by molar-refractivity contribution is -0.141. The van der Waals surface area contributed by atoms with Gasteiger partial charge in [-0.1, -0.05) is 0 Å². The first-order valence-corrected chi connectivity index (χ1v) is 9.37. The van der Waals surface area contributed by atoms with E-state index in [0.717, 1.165) is 6.20 Å². The van der Waals surface area contributed by atoms with E-state index in [4.69, 9.17) is 5.73 Å². The highest BCUT2D eigenvalue weighted by Gasteiger charge is 2.34. The van der Waals surface area contributed by atoms with Crippen LogP contribution in [0, 0.1) is 0 Å². The monoisotopic (exact) mass is 433 g/mol. The normalized spacial score (nSPS) is 17.5. The number of nitrogens with two attached hydrogens (primary N) is 1. The zero-order chi connectivity index (χ0) is 22.2. The van der Waals surface area contributed by atoms with Crippen LogP contribution in [0.3, 0.4) is 0 Å². The minimum atomic E-state index is -4.70. The van der Waals surface area contributed by atoms with Crippen molar-refractivity contribution >= 4 is 28.8 Å². The van der Waals surface area contributed by atoms with Crippen LogP contribution in [-0.2, 0) is 11.0 Å². The van der Waals surface area contributed by atoms with E-state index in [0.29, 0.717) is 49.2 Å². The van der Waals surface area contributed by atoms with Gasteiger partial charge in [0.25, 0.3) is 11.8 Å².